The Kier molecular flexibility index (Phi) is 9.36. The van der Waals surface area contributed by atoms with Crippen LogP contribution in [0.3, 0.4) is 0 Å². The number of rotatable bonds is 4. The average molecular weight is 256 g/mol. The molecule has 1 rings (SSSR count). The lowest BCUT2D eigenvalue weighted by Gasteiger charge is -2.24. The van der Waals surface area contributed by atoms with Crippen LogP contribution < -0.4 is 0 Å². The predicted molar refractivity (Wildman–Crippen MR) is 65.9 cm³/mol. The quantitative estimate of drug-likeness (QED) is 0.668. The molecule has 0 fully saturated rings. The Morgan fingerprint density at radius 3 is 1.50 bits per heavy atom. The molecular formula is C8H16O3S3. The summed E-state index contributed by atoms with van der Waals surface area (Å²) in [6, 6.07) is 0. The van der Waals surface area contributed by atoms with Crippen LogP contribution in [0.1, 0.15) is 13.3 Å². The van der Waals surface area contributed by atoms with Crippen molar-refractivity contribution in [3.8, 4) is 0 Å². The number of aliphatic hydroxyl groups is 3. The monoisotopic (exact) mass is 256 g/mol. The van der Waals surface area contributed by atoms with Crippen molar-refractivity contribution in [1.29, 1.82) is 0 Å². The summed E-state index contributed by atoms with van der Waals surface area (Å²) >= 11 is 0. The highest BCUT2D eigenvalue weighted by Crippen LogP contribution is 2.42. The van der Waals surface area contributed by atoms with Crippen molar-refractivity contribution in [3.05, 3.63) is 10.8 Å². The maximum atomic E-state index is 8.66. The first kappa shape index (κ1) is 14.7. The summed E-state index contributed by atoms with van der Waals surface area (Å²) in [5, 5.41) is 30.1. The minimum Gasteiger partial charge on any atom is -0.396 e. The second-order valence-corrected chi connectivity index (χ2v) is 6.71. The molecule has 0 saturated carbocycles. The molecule has 0 spiro atoms. The van der Waals surface area contributed by atoms with Crippen LogP contribution in [-0.2, 0) is 0 Å². The number of hydrogen-bond donors (Lipinski definition) is 3. The van der Waals surface area contributed by atoms with Crippen LogP contribution in [0.15, 0.2) is 10.8 Å². The fraction of sp³-hybridized carbons (Fsp3) is 0.750. The Bertz CT molecular complexity index is 136. The molecule has 0 atom stereocenters. The Labute approximate surface area is 96.2 Å². The summed E-state index contributed by atoms with van der Waals surface area (Å²) in [6.07, 6.45) is 0.594. The normalized spacial score (nSPS) is 15.1. The third-order valence-corrected chi connectivity index (χ3v) is 5.38. The van der Waals surface area contributed by atoms with Crippen molar-refractivity contribution in [3.63, 3.8) is 0 Å². The van der Waals surface area contributed by atoms with Crippen molar-refractivity contribution in [2.75, 3.05) is 19.8 Å². The molecule has 0 aromatic rings. The maximum Gasteiger partial charge on any atom is 0.0531 e. The molecule has 6 heteroatoms. The van der Waals surface area contributed by atoms with Gasteiger partial charge < -0.3 is 15.3 Å². The third kappa shape index (κ3) is 5.53. The van der Waals surface area contributed by atoms with E-state index in [1.165, 1.54) is 0 Å². The zero-order valence-corrected chi connectivity index (χ0v) is 10.5. The lowest BCUT2D eigenvalue weighted by atomic mass is 9.88. The van der Waals surface area contributed by atoms with Crippen molar-refractivity contribution in [2.45, 2.75) is 13.3 Å². The summed E-state index contributed by atoms with van der Waals surface area (Å²) < 4.78 is 0. The van der Waals surface area contributed by atoms with E-state index in [0.29, 0.717) is 6.42 Å². The number of hydrogen-bond acceptors (Lipinski definition) is 6. The second kappa shape index (κ2) is 8.94. The van der Waals surface area contributed by atoms with Crippen LogP contribution in [0.5, 0.6) is 0 Å². The SMILES string of the molecule is C1=CSSS1.CCC(CO)(CO)CO. The first-order valence-corrected chi connectivity index (χ1v) is 7.82. The van der Waals surface area contributed by atoms with Gasteiger partial charge in [0.25, 0.3) is 0 Å². The lowest BCUT2D eigenvalue weighted by Crippen LogP contribution is -2.32. The third-order valence-electron chi connectivity index (χ3n) is 2.00. The van der Waals surface area contributed by atoms with E-state index in [2.05, 4.69) is 10.8 Å². The molecule has 1 aliphatic heterocycles. The predicted octanol–water partition coefficient (Wildman–Crippen LogP) is 1.86. The van der Waals surface area contributed by atoms with E-state index in [1.54, 1.807) is 31.4 Å². The van der Waals surface area contributed by atoms with Gasteiger partial charge in [-0.15, -0.1) is 0 Å². The molecule has 0 radical (unpaired) electrons. The van der Waals surface area contributed by atoms with Gasteiger partial charge in [0.2, 0.25) is 0 Å². The first-order valence-electron chi connectivity index (χ1n) is 4.21. The van der Waals surface area contributed by atoms with Gasteiger partial charge in [0.05, 0.1) is 19.8 Å². The van der Waals surface area contributed by atoms with Crippen LogP contribution in [0, 0.1) is 5.41 Å². The molecule has 0 aliphatic carbocycles. The average Bonchev–Trinajstić information content (AvgIpc) is 2.80. The largest absolute Gasteiger partial charge is 0.396 e. The Hall–Kier alpha value is 0.670. The zero-order valence-electron chi connectivity index (χ0n) is 8.05. The highest BCUT2D eigenvalue weighted by Gasteiger charge is 2.24. The topological polar surface area (TPSA) is 60.7 Å². The highest BCUT2D eigenvalue weighted by atomic mass is 33.5. The summed E-state index contributed by atoms with van der Waals surface area (Å²) in [4.78, 5) is 0. The van der Waals surface area contributed by atoms with E-state index >= 15 is 0 Å². The molecule has 0 unspecified atom stereocenters. The molecule has 0 aromatic heterocycles. The van der Waals surface area contributed by atoms with Crippen molar-refractivity contribution >= 4 is 31.4 Å². The smallest absolute Gasteiger partial charge is 0.0531 e. The van der Waals surface area contributed by atoms with Gasteiger partial charge in [-0.25, -0.2) is 0 Å². The van der Waals surface area contributed by atoms with Gasteiger partial charge in [-0.3, -0.25) is 0 Å². The maximum absolute atomic E-state index is 8.66. The summed E-state index contributed by atoms with van der Waals surface area (Å²) in [7, 11) is 5.34. The highest BCUT2D eigenvalue weighted by molar-refractivity contribution is 9.11. The minimum atomic E-state index is -0.667. The molecule has 84 valence electrons. The van der Waals surface area contributed by atoms with Gasteiger partial charge >= 0.3 is 0 Å². The number of aliphatic hydroxyl groups excluding tert-OH is 3. The molecule has 14 heavy (non-hydrogen) atoms. The summed E-state index contributed by atoms with van der Waals surface area (Å²) in [5.41, 5.74) is -0.667. The minimum absolute atomic E-state index is 0.156. The van der Waals surface area contributed by atoms with Gasteiger partial charge in [0, 0.05) is 5.41 Å². The van der Waals surface area contributed by atoms with Gasteiger partial charge in [0.1, 0.15) is 0 Å². The van der Waals surface area contributed by atoms with Crippen LogP contribution in [0.4, 0.5) is 0 Å². The van der Waals surface area contributed by atoms with Crippen LogP contribution in [0.25, 0.3) is 0 Å². The molecule has 0 amide bonds. The molecule has 3 N–H and O–H groups in total. The van der Waals surface area contributed by atoms with Crippen LogP contribution in [-0.4, -0.2) is 35.1 Å². The molecule has 0 bridgehead atoms. The summed E-state index contributed by atoms with van der Waals surface area (Å²) in [6.45, 7) is 1.35. The molecule has 1 heterocycles. The van der Waals surface area contributed by atoms with E-state index in [1.807, 2.05) is 6.92 Å². The Morgan fingerprint density at radius 1 is 1.00 bits per heavy atom. The Morgan fingerprint density at radius 2 is 1.43 bits per heavy atom. The molecule has 3 nitrogen and oxygen atoms in total. The van der Waals surface area contributed by atoms with Crippen LogP contribution >= 0.6 is 31.4 Å². The van der Waals surface area contributed by atoms with Gasteiger partial charge in [-0.1, -0.05) is 28.5 Å². The molecule has 1 aliphatic rings. The molecular weight excluding hydrogens is 240 g/mol. The second-order valence-electron chi connectivity index (χ2n) is 2.86. The fourth-order valence-corrected chi connectivity index (χ4v) is 3.55. The summed E-state index contributed by atoms with van der Waals surface area (Å²) in [5.74, 6) is 0. The standard InChI is InChI=1S/C6H14O3.C2H2S3/c1-2-6(3-7,4-8)5-9;1-2-4-5-3-1/h7-9H,2-5H2,1H3;1-2H. The van der Waals surface area contributed by atoms with E-state index < -0.39 is 5.41 Å². The van der Waals surface area contributed by atoms with Gasteiger partial charge in [-0.05, 0) is 27.1 Å². The van der Waals surface area contributed by atoms with Crippen molar-refractivity contribution < 1.29 is 15.3 Å². The fourth-order valence-electron chi connectivity index (χ4n) is 0.599. The van der Waals surface area contributed by atoms with Gasteiger partial charge in [-0.2, -0.15) is 0 Å². The van der Waals surface area contributed by atoms with Crippen molar-refractivity contribution in [2.24, 2.45) is 5.41 Å². The molecule has 0 aromatic carbocycles. The van der Waals surface area contributed by atoms with E-state index in [4.69, 9.17) is 15.3 Å². The van der Waals surface area contributed by atoms with E-state index in [-0.39, 0.29) is 19.8 Å². The lowest BCUT2D eigenvalue weighted by molar-refractivity contribution is 0.00304. The zero-order chi connectivity index (χ0) is 10.9. The first-order chi connectivity index (χ1) is 6.74. The van der Waals surface area contributed by atoms with Crippen LogP contribution in [0.2, 0.25) is 0 Å². The van der Waals surface area contributed by atoms with E-state index in [9.17, 15) is 0 Å². The van der Waals surface area contributed by atoms with Crippen molar-refractivity contribution in [1.82, 2.24) is 0 Å². The molecule has 0 saturated heterocycles. The Balaban J connectivity index is 0.000000280. The van der Waals surface area contributed by atoms with E-state index in [0.717, 1.165) is 0 Å². The van der Waals surface area contributed by atoms with Gasteiger partial charge in [0.15, 0.2) is 0 Å².